The van der Waals surface area contributed by atoms with Crippen LogP contribution in [0.2, 0.25) is 0 Å². The molecule has 0 saturated heterocycles. The quantitative estimate of drug-likeness (QED) is 0.157. The monoisotopic (exact) mass is 763 g/mol. The van der Waals surface area contributed by atoms with Crippen LogP contribution in [0.15, 0.2) is 229 Å². The van der Waals surface area contributed by atoms with Gasteiger partial charge in [-0.25, -0.2) is 0 Å². The van der Waals surface area contributed by atoms with E-state index in [1.807, 2.05) is 0 Å². The van der Waals surface area contributed by atoms with Gasteiger partial charge in [0.2, 0.25) is 0 Å². The van der Waals surface area contributed by atoms with E-state index >= 15 is 0 Å². The van der Waals surface area contributed by atoms with E-state index in [4.69, 9.17) is 4.42 Å². The average Bonchev–Trinajstić information content (AvgIpc) is 3.67. The summed E-state index contributed by atoms with van der Waals surface area (Å²) < 4.78 is 6.45. The largest absolute Gasteiger partial charge is 0.456 e. The number of hydrogen-bond donors (Lipinski definition) is 0. The lowest BCUT2D eigenvalue weighted by molar-refractivity contribution is 0.669. The van der Waals surface area contributed by atoms with Crippen LogP contribution in [0.5, 0.6) is 0 Å². The molecule has 1 heterocycles. The minimum absolute atomic E-state index is 0.879. The number of rotatable bonds is 6. The lowest BCUT2D eigenvalue weighted by Crippen LogP contribution is -2.09. The van der Waals surface area contributed by atoms with Gasteiger partial charge in [0.25, 0.3) is 0 Å². The fourth-order valence-corrected chi connectivity index (χ4v) is 9.25. The maximum absolute atomic E-state index is 6.45. The molecule has 0 unspecified atom stereocenters. The van der Waals surface area contributed by atoms with E-state index in [-0.39, 0.29) is 0 Å². The van der Waals surface area contributed by atoms with Crippen LogP contribution >= 0.6 is 0 Å². The molecule has 60 heavy (non-hydrogen) atoms. The molecule has 0 spiro atoms. The Labute approximate surface area is 347 Å². The Morgan fingerprint density at radius 1 is 0.250 bits per heavy atom. The van der Waals surface area contributed by atoms with Gasteiger partial charge in [-0.3, -0.25) is 0 Å². The van der Waals surface area contributed by atoms with Gasteiger partial charge in [0.05, 0.1) is 0 Å². The molecule has 2 nitrogen and oxygen atoms in total. The molecule has 12 rings (SSSR count). The van der Waals surface area contributed by atoms with Crippen molar-refractivity contribution in [1.82, 2.24) is 0 Å². The van der Waals surface area contributed by atoms with Crippen LogP contribution in [-0.4, -0.2) is 0 Å². The molecule has 0 amide bonds. The maximum atomic E-state index is 6.45. The predicted octanol–water partition coefficient (Wildman–Crippen LogP) is 16.7. The van der Waals surface area contributed by atoms with Gasteiger partial charge >= 0.3 is 0 Å². The summed E-state index contributed by atoms with van der Waals surface area (Å²) in [6.45, 7) is 0. The summed E-state index contributed by atoms with van der Waals surface area (Å²) in [5.41, 5.74) is 12.2. The van der Waals surface area contributed by atoms with E-state index in [0.29, 0.717) is 0 Å². The highest BCUT2D eigenvalue weighted by molar-refractivity contribution is 6.15. The lowest BCUT2D eigenvalue weighted by Gasteiger charge is -2.26. The highest BCUT2D eigenvalue weighted by atomic mass is 16.3. The van der Waals surface area contributed by atoms with Crippen LogP contribution in [0, 0.1) is 0 Å². The third kappa shape index (κ3) is 5.73. The van der Waals surface area contributed by atoms with Crippen LogP contribution in [0.3, 0.4) is 0 Å². The van der Waals surface area contributed by atoms with Gasteiger partial charge in [0.1, 0.15) is 11.2 Å². The third-order valence-corrected chi connectivity index (χ3v) is 12.2. The zero-order valence-corrected chi connectivity index (χ0v) is 32.7. The summed E-state index contributed by atoms with van der Waals surface area (Å²) in [6.07, 6.45) is 0. The molecule has 1 aromatic heterocycles. The average molecular weight is 764 g/mol. The van der Waals surface area contributed by atoms with Crippen LogP contribution in [0.1, 0.15) is 0 Å². The van der Waals surface area contributed by atoms with E-state index in [9.17, 15) is 0 Å². The minimum atomic E-state index is 0.879. The van der Waals surface area contributed by atoms with Crippen molar-refractivity contribution in [3.05, 3.63) is 224 Å². The molecular formula is C58H37NO. The highest BCUT2D eigenvalue weighted by Crippen LogP contribution is 2.43. The molecule has 0 N–H and O–H groups in total. The van der Waals surface area contributed by atoms with Gasteiger partial charge in [-0.1, -0.05) is 158 Å². The van der Waals surface area contributed by atoms with Crippen molar-refractivity contribution in [1.29, 1.82) is 0 Å². The molecular weight excluding hydrogens is 727 g/mol. The van der Waals surface area contributed by atoms with E-state index in [1.165, 1.54) is 76.5 Å². The smallest absolute Gasteiger partial charge is 0.136 e. The molecule has 280 valence electrons. The molecule has 0 atom stereocenters. The predicted molar refractivity (Wildman–Crippen MR) is 255 cm³/mol. The second-order valence-corrected chi connectivity index (χ2v) is 15.7. The number of fused-ring (bicyclic) bond motifs is 8. The Morgan fingerprint density at radius 2 is 0.783 bits per heavy atom. The van der Waals surface area contributed by atoms with Gasteiger partial charge in [-0.2, -0.15) is 0 Å². The van der Waals surface area contributed by atoms with Gasteiger partial charge < -0.3 is 9.32 Å². The van der Waals surface area contributed by atoms with Crippen molar-refractivity contribution in [3.8, 4) is 33.4 Å². The van der Waals surface area contributed by atoms with Crippen molar-refractivity contribution in [2.24, 2.45) is 0 Å². The van der Waals surface area contributed by atoms with Gasteiger partial charge in [0, 0.05) is 27.8 Å². The topological polar surface area (TPSA) is 16.4 Å². The second-order valence-electron chi connectivity index (χ2n) is 15.7. The number of anilines is 3. The summed E-state index contributed by atoms with van der Waals surface area (Å²) in [6, 6.07) is 81.4. The lowest BCUT2D eigenvalue weighted by atomic mass is 9.89. The van der Waals surface area contributed by atoms with E-state index < -0.39 is 0 Å². The summed E-state index contributed by atoms with van der Waals surface area (Å²) >= 11 is 0. The standard InChI is InChI=1S/C58H37NO/c1-2-12-41-33-44(22-21-38(41)11-1)39-23-27-46(28-24-39)59(48-31-32-57-56(37-48)55-34-42-13-3-4-14-43(42)36-58(55)60-57)47-29-25-40(26-30-47)49-16-7-8-19-52(49)54-35-45-15-5-6-17-50(45)51-18-9-10-20-53(51)54/h1-37H. The van der Waals surface area contributed by atoms with Crippen molar-refractivity contribution in [3.63, 3.8) is 0 Å². The molecule has 0 saturated carbocycles. The van der Waals surface area contributed by atoms with Crippen molar-refractivity contribution in [2.45, 2.75) is 0 Å². The second kappa shape index (κ2) is 13.9. The summed E-state index contributed by atoms with van der Waals surface area (Å²) in [7, 11) is 0. The first-order chi connectivity index (χ1) is 29.7. The normalized spacial score (nSPS) is 11.7. The number of nitrogens with zero attached hydrogens (tertiary/aromatic N) is 1. The fourth-order valence-electron chi connectivity index (χ4n) is 9.25. The molecule has 0 radical (unpaired) electrons. The fraction of sp³-hybridized carbons (Fsp3) is 0. The molecule has 2 heteroatoms. The Kier molecular flexibility index (Phi) is 7.89. The third-order valence-electron chi connectivity index (χ3n) is 12.2. The van der Waals surface area contributed by atoms with E-state index in [1.54, 1.807) is 0 Å². The Balaban J connectivity index is 0.985. The van der Waals surface area contributed by atoms with E-state index in [2.05, 4.69) is 229 Å². The molecule has 0 bridgehead atoms. The van der Waals surface area contributed by atoms with Gasteiger partial charge in [-0.05, 0) is 143 Å². The van der Waals surface area contributed by atoms with Gasteiger partial charge in [-0.15, -0.1) is 0 Å². The summed E-state index contributed by atoms with van der Waals surface area (Å²) in [4.78, 5) is 2.36. The highest BCUT2D eigenvalue weighted by Gasteiger charge is 2.18. The number of benzene rings is 11. The Morgan fingerprint density at radius 3 is 1.53 bits per heavy atom. The van der Waals surface area contributed by atoms with Crippen LogP contribution in [-0.2, 0) is 0 Å². The minimum Gasteiger partial charge on any atom is -0.456 e. The van der Waals surface area contributed by atoms with Crippen molar-refractivity contribution in [2.75, 3.05) is 4.90 Å². The number of furan rings is 1. The summed E-state index contributed by atoms with van der Waals surface area (Å²) in [5.74, 6) is 0. The van der Waals surface area contributed by atoms with Crippen molar-refractivity contribution >= 4 is 82.1 Å². The SMILES string of the molecule is c1ccc(-c2cc3ccccc3c3ccccc23)c(-c2ccc(N(c3ccc(-c4ccc5ccccc5c4)cc3)c3ccc4oc5cc6ccccc6cc5c4c3)cc2)c1. The van der Waals surface area contributed by atoms with Gasteiger partial charge in [0.15, 0.2) is 0 Å². The van der Waals surface area contributed by atoms with Crippen molar-refractivity contribution < 1.29 is 4.42 Å². The first-order valence-electron chi connectivity index (χ1n) is 20.6. The first-order valence-corrected chi connectivity index (χ1v) is 20.6. The molecule has 0 aliphatic rings. The number of hydrogen-bond acceptors (Lipinski definition) is 2. The summed E-state index contributed by atoms with van der Waals surface area (Å²) in [5, 5.41) is 12.1. The zero-order valence-electron chi connectivity index (χ0n) is 32.7. The molecule has 0 aliphatic heterocycles. The Bertz CT molecular complexity index is 3600. The van der Waals surface area contributed by atoms with E-state index in [0.717, 1.165) is 39.0 Å². The molecule has 11 aromatic carbocycles. The molecule has 12 aromatic rings. The van der Waals surface area contributed by atoms with Crippen LogP contribution in [0.25, 0.3) is 98.4 Å². The Hall–Kier alpha value is -7.94. The first kappa shape index (κ1) is 34.1. The zero-order chi connectivity index (χ0) is 39.6. The van der Waals surface area contributed by atoms with Crippen LogP contribution in [0.4, 0.5) is 17.1 Å². The maximum Gasteiger partial charge on any atom is 0.136 e. The molecule has 0 aliphatic carbocycles. The van der Waals surface area contributed by atoms with Crippen LogP contribution < -0.4 is 4.90 Å². The molecule has 0 fully saturated rings.